The van der Waals surface area contributed by atoms with Crippen LogP contribution in [-0.2, 0) is 11.3 Å². The highest BCUT2D eigenvalue weighted by Gasteiger charge is 2.44. The second-order valence-electron chi connectivity index (χ2n) is 7.93. The van der Waals surface area contributed by atoms with E-state index in [0.29, 0.717) is 6.04 Å². The van der Waals surface area contributed by atoms with Gasteiger partial charge in [0.25, 0.3) is 0 Å². The highest BCUT2D eigenvalue weighted by Crippen LogP contribution is 2.41. The fraction of sp³-hybridized carbons (Fsp3) is 0.476. The molecule has 2 atom stereocenters. The second kappa shape index (κ2) is 5.73. The summed E-state index contributed by atoms with van der Waals surface area (Å²) in [6.45, 7) is 7.55. The maximum Gasteiger partial charge on any atom is 0.235 e. The molecule has 0 fully saturated rings. The number of para-hydroxylation sites is 1. The minimum Gasteiger partial charge on any atom is -0.343 e. The average molecular weight is 338 g/mol. The van der Waals surface area contributed by atoms with E-state index in [2.05, 4.69) is 69.0 Å². The summed E-state index contributed by atoms with van der Waals surface area (Å²) < 4.78 is 3.25. The molecule has 0 aliphatic carbocycles. The van der Waals surface area contributed by atoms with Gasteiger partial charge in [0.05, 0.1) is 32.7 Å². The highest BCUT2D eigenvalue weighted by molar-refractivity contribution is 5.95. The normalized spacial score (nSPS) is 23.9. The second-order valence-corrected chi connectivity index (χ2v) is 7.93. The average Bonchev–Trinajstić information content (AvgIpc) is 3.01. The minimum absolute atomic E-state index is 0.0297. The fourth-order valence-corrected chi connectivity index (χ4v) is 4.73. The Labute approximate surface area is 149 Å². The maximum absolute atomic E-state index is 13.0. The molecule has 0 spiro atoms. The van der Waals surface area contributed by atoms with Gasteiger partial charge in [-0.2, -0.15) is 0 Å². The highest BCUT2D eigenvalue weighted by atomic mass is 16.2. The van der Waals surface area contributed by atoms with E-state index in [0.717, 1.165) is 30.7 Å². The van der Waals surface area contributed by atoms with Gasteiger partial charge in [-0.1, -0.05) is 24.3 Å². The van der Waals surface area contributed by atoms with Crippen LogP contribution in [-0.4, -0.2) is 59.6 Å². The zero-order valence-corrected chi connectivity index (χ0v) is 15.7. The van der Waals surface area contributed by atoms with Crippen LogP contribution >= 0.6 is 0 Å². The van der Waals surface area contributed by atoms with Gasteiger partial charge in [-0.3, -0.25) is 4.79 Å². The van der Waals surface area contributed by atoms with E-state index >= 15 is 0 Å². The molecular formula is C21H28N3O+. The third kappa shape index (κ3) is 2.43. The van der Waals surface area contributed by atoms with Gasteiger partial charge in [-0.05, 0) is 19.9 Å². The van der Waals surface area contributed by atoms with E-state index in [4.69, 9.17) is 0 Å². The van der Waals surface area contributed by atoms with Crippen molar-refractivity contribution in [1.82, 2.24) is 9.47 Å². The Morgan fingerprint density at radius 2 is 2.00 bits per heavy atom. The molecule has 4 heteroatoms. The molecule has 1 unspecified atom stereocenters. The molecule has 2 aliphatic rings. The first-order valence-electron chi connectivity index (χ1n) is 9.37. The minimum atomic E-state index is -0.0297. The summed E-state index contributed by atoms with van der Waals surface area (Å²) in [4.78, 5) is 15.0. The number of rotatable bonds is 3. The molecule has 2 aromatic rings. The van der Waals surface area contributed by atoms with Crippen LogP contribution in [0.1, 0.15) is 19.4 Å². The zero-order valence-electron chi connectivity index (χ0n) is 15.7. The number of nitrogens with zero attached hydrogens (tertiary/aromatic N) is 3. The van der Waals surface area contributed by atoms with E-state index in [1.165, 1.54) is 22.0 Å². The molecule has 1 aromatic heterocycles. The molecule has 3 heterocycles. The summed E-state index contributed by atoms with van der Waals surface area (Å²) in [5.74, 6) is 0.244. The third-order valence-corrected chi connectivity index (χ3v) is 6.11. The Balaban J connectivity index is 1.84. The molecule has 0 bridgehead atoms. The van der Waals surface area contributed by atoms with E-state index in [9.17, 15) is 4.79 Å². The third-order valence-electron chi connectivity index (χ3n) is 6.11. The molecule has 2 aliphatic heterocycles. The van der Waals surface area contributed by atoms with Crippen molar-refractivity contribution in [3.8, 4) is 0 Å². The van der Waals surface area contributed by atoms with Crippen LogP contribution < -0.4 is 0 Å². The Kier molecular flexibility index (Phi) is 3.76. The number of quaternary nitrogens is 1. The van der Waals surface area contributed by atoms with Gasteiger partial charge in [0.1, 0.15) is 12.0 Å². The molecule has 4 rings (SSSR count). The SMILES string of the molecule is CCN(CC)C(=O)[C@@H]1C=C2c3cccc4ccn(c34)CC2[N+](C)(C)C1. The van der Waals surface area contributed by atoms with Gasteiger partial charge in [0.2, 0.25) is 5.91 Å². The molecule has 132 valence electrons. The van der Waals surface area contributed by atoms with Gasteiger partial charge in [-0.25, -0.2) is 0 Å². The molecule has 1 aromatic carbocycles. The molecule has 0 saturated heterocycles. The fourth-order valence-electron chi connectivity index (χ4n) is 4.73. The van der Waals surface area contributed by atoms with Crippen LogP contribution in [0.4, 0.5) is 0 Å². The number of carbonyl (C=O) groups excluding carboxylic acids is 1. The lowest BCUT2D eigenvalue weighted by molar-refractivity contribution is -0.910. The summed E-state index contributed by atoms with van der Waals surface area (Å²) in [7, 11) is 4.55. The summed E-state index contributed by atoms with van der Waals surface area (Å²) in [6.07, 6.45) is 4.48. The predicted molar refractivity (Wildman–Crippen MR) is 102 cm³/mol. The lowest BCUT2D eigenvalue weighted by Crippen LogP contribution is -2.58. The van der Waals surface area contributed by atoms with E-state index in [-0.39, 0.29) is 11.8 Å². The largest absolute Gasteiger partial charge is 0.343 e. The number of benzene rings is 1. The van der Waals surface area contributed by atoms with Gasteiger partial charge in [0.15, 0.2) is 0 Å². The van der Waals surface area contributed by atoms with E-state index in [1.807, 2.05) is 4.90 Å². The van der Waals surface area contributed by atoms with Crippen LogP contribution in [0.3, 0.4) is 0 Å². The lowest BCUT2D eigenvalue weighted by Gasteiger charge is -2.46. The van der Waals surface area contributed by atoms with Gasteiger partial charge >= 0.3 is 0 Å². The first-order valence-corrected chi connectivity index (χ1v) is 9.37. The zero-order chi connectivity index (χ0) is 17.8. The topological polar surface area (TPSA) is 25.2 Å². The van der Waals surface area contributed by atoms with Crippen molar-refractivity contribution in [3.05, 3.63) is 42.1 Å². The quantitative estimate of drug-likeness (QED) is 0.790. The van der Waals surface area contributed by atoms with Crippen molar-refractivity contribution in [3.63, 3.8) is 0 Å². The van der Waals surface area contributed by atoms with Gasteiger partial charge in [-0.15, -0.1) is 0 Å². The smallest absolute Gasteiger partial charge is 0.235 e. The lowest BCUT2D eigenvalue weighted by atomic mass is 9.84. The molecule has 0 radical (unpaired) electrons. The number of hydrogen-bond donors (Lipinski definition) is 0. The van der Waals surface area contributed by atoms with Crippen molar-refractivity contribution < 1.29 is 9.28 Å². The number of fused-ring (bicyclic) bond motifs is 2. The standard InChI is InChI=1S/C21H28N3O/c1-5-22(6-2)21(25)16-12-18-17-9-7-8-15-10-11-23(20(15)17)13-19(18)24(3,4)14-16/h7-12,16,19H,5-6,13-14H2,1-4H3/q+1/t16-,19?/m1/s1. The summed E-state index contributed by atoms with van der Waals surface area (Å²) in [5.41, 5.74) is 3.99. The Bertz CT molecular complexity index is 857. The van der Waals surface area contributed by atoms with E-state index < -0.39 is 0 Å². The Morgan fingerprint density at radius 1 is 1.24 bits per heavy atom. The first kappa shape index (κ1) is 16.4. The van der Waals surface area contributed by atoms with Crippen LogP contribution in [0.5, 0.6) is 0 Å². The Hall–Kier alpha value is -2.07. The summed E-state index contributed by atoms with van der Waals surface area (Å²) in [5, 5.41) is 1.29. The van der Waals surface area contributed by atoms with Crippen LogP contribution in [0.15, 0.2) is 36.5 Å². The maximum atomic E-state index is 13.0. The van der Waals surface area contributed by atoms with Crippen LogP contribution in [0, 0.1) is 5.92 Å². The Morgan fingerprint density at radius 3 is 2.72 bits per heavy atom. The monoisotopic (exact) mass is 338 g/mol. The van der Waals surface area contributed by atoms with Crippen molar-refractivity contribution in [1.29, 1.82) is 0 Å². The van der Waals surface area contributed by atoms with Crippen molar-refractivity contribution in [2.75, 3.05) is 33.7 Å². The van der Waals surface area contributed by atoms with Crippen molar-refractivity contribution >= 4 is 22.4 Å². The van der Waals surface area contributed by atoms with Gasteiger partial charge < -0.3 is 14.0 Å². The number of carbonyl (C=O) groups is 1. The first-order chi connectivity index (χ1) is 12.0. The molecular weight excluding hydrogens is 310 g/mol. The van der Waals surface area contributed by atoms with Crippen molar-refractivity contribution in [2.24, 2.45) is 5.92 Å². The number of hydrogen-bond acceptors (Lipinski definition) is 1. The number of likely N-dealkylation sites (N-methyl/N-ethyl adjacent to an activating group) is 1. The molecule has 0 N–H and O–H groups in total. The predicted octanol–water partition coefficient (Wildman–Crippen LogP) is 2.98. The van der Waals surface area contributed by atoms with Crippen LogP contribution in [0.2, 0.25) is 0 Å². The number of aromatic nitrogens is 1. The number of amides is 1. The molecule has 0 saturated carbocycles. The molecule has 4 nitrogen and oxygen atoms in total. The van der Waals surface area contributed by atoms with E-state index in [1.54, 1.807) is 0 Å². The molecule has 1 amide bonds. The summed E-state index contributed by atoms with van der Waals surface area (Å²) >= 11 is 0. The molecule has 25 heavy (non-hydrogen) atoms. The van der Waals surface area contributed by atoms with Gasteiger partial charge in [0, 0.05) is 35.8 Å². The van der Waals surface area contributed by atoms with Crippen molar-refractivity contribution in [2.45, 2.75) is 26.4 Å². The summed E-state index contributed by atoms with van der Waals surface area (Å²) in [6, 6.07) is 9.15. The van der Waals surface area contributed by atoms with Crippen LogP contribution in [0.25, 0.3) is 16.5 Å².